The molecule has 1 saturated carbocycles. The lowest BCUT2D eigenvalue weighted by Crippen LogP contribution is -2.38. The summed E-state index contributed by atoms with van der Waals surface area (Å²) in [7, 11) is 1.82. The highest BCUT2D eigenvalue weighted by molar-refractivity contribution is 5.77. The molecule has 1 amide bonds. The molecule has 0 unspecified atom stereocenters. The summed E-state index contributed by atoms with van der Waals surface area (Å²) in [5.74, 6) is 1.82. The Morgan fingerprint density at radius 2 is 2.15 bits per heavy atom. The Morgan fingerprint density at radius 3 is 2.85 bits per heavy atom. The van der Waals surface area contributed by atoms with E-state index >= 15 is 0 Å². The Bertz CT molecular complexity index is 444. The van der Waals surface area contributed by atoms with Crippen molar-refractivity contribution in [3.05, 3.63) is 29.8 Å². The number of aryl methyl sites for hydroxylation is 1. The van der Waals surface area contributed by atoms with E-state index in [1.807, 2.05) is 38.2 Å². The van der Waals surface area contributed by atoms with E-state index < -0.39 is 0 Å². The first-order valence-electron chi connectivity index (χ1n) is 7.30. The van der Waals surface area contributed by atoms with Crippen LogP contribution in [0.15, 0.2) is 24.3 Å². The van der Waals surface area contributed by atoms with Gasteiger partial charge in [0.05, 0.1) is 13.1 Å². The lowest BCUT2D eigenvalue weighted by atomic mass is 10.2. The third-order valence-corrected chi connectivity index (χ3v) is 3.61. The Hall–Kier alpha value is -1.55. The summed E-state index contributed by atoms with van der Waals surface area (Å²) < 4.78 is 5.70. The number of amides is 1. The molecule has 20 heavy (non-hydrogen) atoms. The van der Waals surface area contributed by atoms with Gasteiger partial charge in [0.2, 0.25) is 5.91 Å². The molecule has 0 atom stereocenters. The van der Waals surface area contributed by atoms with Gasteiger partial charge in [0.15, 0.2) is 0 Å². The van der Waals surface area contributed by atoms with E-state index in [-0.39, 0.29) is 5.91 Å². The predicted octanol–water partition coefficient (Wildman–Crippen LogP) is 1.83. The van der Waals surface area contributed by atoms with Crippen LogP contribution in [0.5, 0.6) is 5.75 Å². The Morgan fingerprint density at radius 1 is 1.40 bits per heavy atom. The van der Waals surface area contributed by atoms with Crippen LogP contribution in [0.2, 0.25) is 0 Å². The van der Waals surface area contributed by atoms with Gasteiger partial charge >= 0.3 is 0 Å². The molecule has 0 saturated heterocycles. The van der Waals surface area contributed by atoms with E-state index in [0.717, 1.165) is 23.8 Å². The molecule has 0 radical (unpaired) electrons. The molecule has 2 rings (SSSR count). The van der Waals surface area contributed by atoms with E-state index in [2.05, 4.69) is 5.32 Å². The maximum absolute atomic E-state index is 11.9. The van der Waals surface area contributed by atoms with Crippen LogP contribution in [0, 0.1) is 12.8 Å². The van der Waals surface area contributed by atoms with E-state index in [1.165, 1.54) is 12.8 Å². The van der Waals surface area contributed by atoms with Crippen molar-refractivity contribution in [2.24, 2.45) is 5.92 Å². The quantitative estimate of drug-likeness (QED) is 0.787. The molecular weight excluding hydrogens is 252 g/mol. The summed E-state index contributed by atoms with van der Waals surface area (Å²) in [5.41, 5.74) is 1.12. The monoisotopic (exact) mass is 276 g/mol. The zero-order chi connectivity index (χ0) is 14.4. The van der Waals surface area contributed by atoms with Crippen molar-refractivity contribution in [1.82, 2.24) is 10.2 Å². The second kappa shape index (κ2) is 7.29. The molecule has 0 bridgehead atoms. The molecule has 4 nitrogen and oxygen atoms in total. The van der Waals surface area contributed by atoms with Crippen molar-refractivity contribution < 1.29 is 9.53 Å². The summed E-state index contributed by atoms with van der Waals surface area (Å²) in [4.78, 5) is 13.6. The third-order valence-electron chi connectivity index (χ3n) is 3.61. The number of hydrogen-bond acceptors (Lipinski definition) is 3. The average molecular weight is 276 g/mol. The van der Waals surface area contributed by atoms with Gasteiger partial charge in [-0.2, -0.15) is 0 Å². The zero-order valence-corrected chi connectivity index (χ0v) is 12.4. The molecule has 1 aromatic carbocycles. The van der Waals surface area contributed by atoms with Crippen LogP contribution in [0.25, 0.3) is 0 Å². The Balaban J connectivity index is 1.62. The number of likely N-dealkylation sites (N-methyl/N-ethyl adjacent to an activating group) is 1. The maximum Gasteiger partial charge on any atom is 0.236 e. The van der Waals surface area contributed by atoms with Crippen molar-refractivity contribution in [3.8, 4) is 5.75 Å². The summed E-state index contributed by atoms with van der Waals surface area (Å²) in [6.45, 7) is 4.55. The van der Waals surface area contributed by atoms with Crippen LogP contribution >= 0.6 is 0 Å². The number of hydrogen-bond donors (Lipinski definition) is 1. The first-order chi connectivity index (χ1) is 9.66. The van der Waals surface area contributed by atoms with Gasteiger partial charge in [-0.1, -0.05) is 18.2 Å². The predicted molar refractivity (Wildman–Crippen MR) is 79.9 cm³/mol. The van der Waals surface area contributed by atoms with Crippen LogP contribution < -0.4 is 10.1 Å². The molecule has 1 aliphatic rings. The Labute approximate surface area is 121 Å². The molecule has 0 spiro atoms. The van der Waals surface area contributed by atoms with Crippen LogP contribution in [0.3, 0.4) is 0 Å². The minimum Gasteiger partial charge on any atom is -0.491 e. The molecule has 0 aromatic heterocycles. The van der Waals surface area contributed by atoms with Crippen molar-refractivity contribution in [2.45, 2.75) is 19.8 Å². The number of carbonyl (C=O) groups is 1. The molecule has 0 heterocycles. The SMILES string of the molecule is Cc1ccccc1OCCN(C)C(=O)CNCC1CC1. The topological polar surface area (TPSA) is 41.6 Å². The lowest BCUT2D eigenvalue weighted by molar-refractivity contribution is -0.129. The minimum atomic E-state index is 0.124. The second-order valence-corrected chi connectivity index (χ2v) is 5.50. The highest BCUT2D eigenvalue weighted by Crippen LogP contribution is 2.27. The van der Waals surface area contributed by atoms with E-state index in [9.17, 15) is 4.79 Å². The van der Waals surface area contributed by atoms with Crippen LogP contribution in [0.1, 0.15) is 18.4 Å². The summed E-state index contributed by atoms with van der Waals surface area (Å²) in [5, 5.41) is 3.21. The molecule has 1 N–H and O–H groups in total. The van der Waals surface area contributed by atoms with Crippen LogP contribution in [0.4, 0.5) is 0 Å². The first-order valence-corrected chi connectivity index (χ1v) is 7.30. The number of nitrogens with zero attached hydrogens (tertiary/aromatic N) is 1. The van der Waals surface area contributed by atoms with Crippen molar-refractivity contribution in [1.29, 1.82) is 0 Å². The summed E-state index contributed by atoms with van der Waals surface area (Å²) >= 11 is 0. The number of ether oxygens (including phenoxy) is 1. The summed E-state index contributed by atoms with van der Waals surface area (Å²) in [6.07, 6.45) is 2.61. The van der Waals surface area contributed by atoms with E-state index in [1.54, 1.807) is 4.90 Å². The number of rotatable bonds is 8. The molecular formula is C16H24N2O2. The molecule has 4 heteroatoms. The lowest BCUT2D eigenvalue weighted by Gasteiger charge is -2.18. The first kappa shape index (κ1) is 14.9. The molecule has 110 valence electrons. The van der Waals surface area contributed by atoms with Crippen LogP contribution in [-0.2, 0) is 4.79 Å². The molecule has 1 aliphatic carbocycles. The highest BCUT2D eigenvalue weighted by Gasteiger charge is 2.20. The van der Waals surface area contributed by atoms with Crippen molar-refractivity contribution in [2.75, 3.05) is 33.3 Å². The second-order valence-electron chi connectivity index (χ2n) is 5.50. The van der Waals surface area contributed by atoms with Crippen LogP contribution in [-0.4, -0.2) is 44.1 Å². The fourth-order valence-corrected chi connectivity index (χ4v) is 1.98. The molecule has 1 fully saturated rings. The fraction of sp³-hybridized carbons (Fsp3) is 0.562. The summed E-state index contributed by atoms with van der Waals surface area (Å²) in [6, 6.07) is 7.92. The molecule has 0 aliphatic heterocycles. The normalized spacial score (nSPS) is 14.1. The third kappa shape index (κ3) is 4.85. The van der Waals surface area contributed by atoms with Gasteiger partial charge in [-0.05, 0) is 43.9 Å². The largest absolute Gasteiger partial charge is 0.491 e. The molecule has 1 aromatic rings. The smallest absolute Gasteiger partial charge is 0.236 e. The minimum absolute atomic E-state index is 0.124. The standard InChI is InChI=1S/C16H24N2O2/c1-13-5-3-4-6-15(13)20-10-9-18(2)16(19)12-17-11-14-7-8-14/h3-6,14,17H,7-12H2,1-2H3. The van der Waals surface area contributed by atoms with Gasteiger partial charge in [-0.15, -0.1) is 0 Å². The van der Waals surface area contributed by atoms with Gasteiger partial charge in [-0.25, -0.2) is 0 Å². The van der Waals surface area contributed by atoms with Crippen molar-refractivity contribution >= 4 is 5.91 Å². The number of nitrogens with one attached hydrogen (secondary N) is 1. The van der Waals surface area contributed by atoms with Gasteiger partial charge in [0.1, 0.15) is 12.4 Å². The van der Waals surface area contributed by atoms with Crippen molar-refractivity contribution in [3.63, 3.8) is 0 Å². The zero-order valence-electron chi connectivity index (χ0n) is 12.4. The maximum atomic E-state index is 11.9. The van der Waals surface area contributed by atoms with Gasteiger partial charge < -0.3 is 15.0 Å². The highest BCUT2D eigenvalue weighted by atomic mass is 16.5. The van der Waals surface area contributed by atoms with Gasteiger partial charge in [0, 0.05) is 7.05 Å². The number of benzene rings is 1. The fourth-order valence-electron chi connectivity index (χ4n) is 1.98. The Kier molecular flexibility index (Phi) is 5.41. The number of para-hydroxylation sites is 1. The van der Waals surface area contributed by atoms with Gasteiger partial charge in [-0.3, -0.25) is 4.79 Å². The van der Waals surface area contributed by atoms with E-state index in [4.69, 9.17) is 4.74 Å². The van der Waals surface area contributed by atoms with Gasteiger partial charge in [0.25, 0.3) is 0 Å². The van der Waals surface area contributed by atoms with E-state index in [0.29, 0.717) is 19.7 Å². The average Bonchev–Trinajstić information content (AvgIpc) is 3.25. The number of carbonyl (C=O) groups excluding carboxylic acids is 1.